The maximum absolute atomic E-state index is 12.4. The molecule has 0 bridgehead atoms. The summed E-state index contributed by atoms with van der Waals surface area (Å²) in [7, 11) is 0. The highest BCUT2D eigenvalue weighted by atomic mass is 19.4. The molecular weight excluding hydrogens is 308 g/mol. The topological polar surface area (TPSA) is 63.6 Å². The second-order valence-electron chi connectivity index (χ2n) is 6.07. The first-order valence-corrected chi connectivity index (χ1v) is 6.96. The molecule has 0 aliphatic heterocycles. The van der Waals surface area contributed by atoms with E-state index in [1.165, 1.54) is 20.8 Å². The molecule has 1 N–H and O–H groups in total. The quantitative estimate of drug-likeness (QED) is 0.544. The molecule has 0 radical (unpaired) electrons. The van der Waals surface area contributed by atoms with Crippen LogP contribution >= 0.6 is 0 Å². The van der Waals surface area contributed by atoms with E-state index in [-0.39, 0.29) is 12.8 Å². The maximum Gasteiger partial charge on any atom is 0.389 e. The van der Waals surface area contributed by atoms with E-state index in [1.807, 2.05) is 0 Å². The molecule has 0 saturated heterocycles. The van der Waals surface area contributed by atoms with Crippen LogP contribution in [0.25, 0.3) is 0 Å². The van der Waals surface area contributed by atoms with E-state index in [4.69, 9.17) is 9.84 Å². The van der Waals surface area contributed by atoms with Gasteiger partial charge >= 0.3 is 18.1 Å². The highest BCUT2D eigenvalue weighted by Gasteiger charge is 2.39. The number of aliphatic carboxylic acids is 1. The van der Waals surface area contributed by atoms with Crippen molar-refractivity contribution in [1.29, 1.82) is 0 Å². The fourth-order valence-electron chi connectivity index (χ4n) is 1.97. The third kappa shape index (κ3) is 8.84. The predicted octanol–water partition coefficient (Wildman–Crippen LogP) is 3.74. The Bertz CT molecular complexity index is 374. The molecule has 2 atom stereocenters. The highest BCUT2D eigenvalue weighted by Crippen LogP contribution is 2.31. The molecule has 0 aliphatic carbocycles. The molecule has 0 aliphatic rings. The van der Waals surface area contributed by atoms with E-state index >= 15 is 0 Å². The van der Waals surface area contributed by atoms with Crippen LogP contribution in [0.2, 0.25) is 0 Å². The minimum Gasteiger partial charge on any atom is -0.481 e. The average molecular weight is 330 g/mol. The fraction of sp³-hybridized carbons (Fsp3) is 0.857. The molecule has 0 heterocycles. The first-order chi connectivity index (χ1) is 9.87. The first kappa shape index (κ1) is 20.7. The van der Waals surface area contributed by atoms with Crippen LogP contribution in [0, 0.1) is 11.8 Å². The van der Waals surface area contributed by atoms with E-state index < -0.39 is 55.1 Å². The minimum atomic E-state index is -4.51. The van der Waals surface area contributed by atoms with E-state index in [0.29, 0.717) is 0 Å². The van der Waals surface area contributed by atoms with E-state index in [2.05, 4.69) is 0 Å². The number of carbonyl (C=O) groups excluding carboxylic acids is 1. The maximum atomic E-state index is 12.4. The number of ether oxygens (including phenoxy) is 1. The number of carboxylic acids is 1. The molecule has 0 aromatic carbocycles. The van der Waals surface area contributed by atoms with Crippen LogP contribution in [0.4, 0.5) is 17.6 Å². The summed E-state index contributed by atoms with van der Waals surface area (Å²) in [6.45, 7) is 3.79. The lowest BCUT2D eigenvalue weighted by atomic mass is 9.85. The van der Waals surface area contributed by atoms with Gasteiger partial charge in [-0.1, -0.05) is 0 Å². The van der Waals surface area contributed by atoms with Gasteiger partial charge in [0.1, 0.15) is 5.60 Å². The van der Waals surface area contributed by atoms with Gasteiger partial charge in [0, 0.05) is 6.42 Å². The van der Waals surface area contributed by atoms with Gasteiger partial charge in [-0.2, -0.15) is 13.2 Å². The number of halogens is 4. The zero-order valence-electron chi connectivity index (χ0n) is 12.9. The fourth-order valence-corrected chi connectivity index (χ4v) is 1.97. The molecule has 0 saturated carbocycles. The molecule has 8 heteroatoms. The summed E-state index contributed by atoms with van der Waals surface area (Å²) in [5, 5.41) is 9.14. The Labute approximate surface area is 126 Å². The summed E-state index contributed by atoms with van der Waals surface area (Å²) in [4.78, 5) is 23.3. The molecule has 4 nitrogen and oxygen atoms in total. The number of esters is 1. The van der Waals surface area contributed by atoms with Gasteiger partial charge in [0.05, 0.1) is 18.5 Å². The number of hydrogen-bond acceptors (Lipinski definition) is 3. The van der Waals surface area contributed by atoms with E-state index in [0.717, 1.165) is 0 Å². The summed E-state index contributed by atoms with van der Waals surface area (Å²) in [5.41, 5.74) is -0.948. The van der Waals surface area contributed by atoms with Crippen molar-refractivity contribution in [2.24, 2.45) is 11.8 Å². The number of hydrogen-bond donors (Lipinski definition) is 1. The Kier molecular flexibility index (Phi) is 7.83. The Morgan fingerprint density at radius 1 is 1.09 bits per heavy atom. The van der Waals surface area contributed by atoms with Gasteiger partial charge in [0.2, 0.25) is 0 Å². The van der Waals surface area contributed by atoms with Crippen LogP contribution < -0.4 is 0 Å². The van der Waals surface area contributed by atoms with Crippen LogP contribution in [-0.4, -0.2) is 35.5 Å². The van der Waals surface area contributed by atoms with Crippen LogP contribution in [0.15, 0.2) is 0 Å². The molecular formula is C14H22F4O4. The van der Waals surface area contributed by atoms with Crippen molar-refractivity contribution >= 4 is 11.9 Å². The second-order valence-corrected chi connectivity index (χ2v) is 6.07. The van der Waals surface area contributed by atoms with Crippen LogP contribution in [-0.2, 0) is 14.3 Å². The molecule has 0 rings (SSSR count). The molecule has 0 fully saturated rings. The molecule has 0 aromatic rings. The minimum absolute atomic E-state index is 0.137. The predicted molar refractivity (Wildman–Crippen MR) is 71.0 cm³/mol. The Morgan fingerprint density at radius 2 is 1.64 bits per heavy atom. The highest BCUT2D eigenvalue weighted by molar-refractivity contribution is 5.81. The molecule has 0 amide bonds. The number of rotatable bonds is 8. The number of carbonyl (C=O) groups is 2. The van der Waals surface area contributed by atoms with Gasteiger partial charge in [-0.05, 0) is 40.0 Å². The summed E-state index contributed by atoms with van der Waals surface area (Å²) in [6, 6.07) is 0. The Balaban J connectivity index is 5.18. The van der Waals surface area contributed by atoms with Gasteiger partial charge in [-0.3, -0.25) is 14.0 Å². The SMILES string of the molecule is CC(C)(C)OC(=O)[C@H](CCC(F)(F)F)[C@@H](CCCF)C(=O)O. The third-order valence-electron chi connectivity index (χ3n) is 2.90. The lowest BCUT2D eigenvalue weighted by molar-refractivity contribution is -0.171. The summed E-state index contributed by atoms with van der Waals surface area (Å²) in [6.07, 6.45) is -6.85. The van der Waals surface area contributed by atoms with E-state index in [1.54, 1.807) is 0 Å². The van der Waals surface area contributed by atoms with Crippen molar-refractivity contribution < 1.29 is 37.0 Å². The zero-order valence-corrected chi connectivity index (χ0v) is 12.9. The molecule has 0 unspecified atom stereocenters. The lowest BCUT2D eigenvalue weighted by Crippen LogP contribution is -2.36. The Morgan fingerprint density at radius 3 is 2.00 bits per heavy atom. The Hall–Kier alpha value is -1.34. The van der Waals surface area contributed by atoms with Gasteiger partial charge in [-0.25, -0.2) is 0 Å². The lowest BCUT2D eigenvalue weighted by Gasteiger charge is -2.27. The van der Waals surface area contributed by atoms with Gasteiger partial charge in [0.15, 0.2) is 0 Å². The van der Waals surface area contributed by atoms with Crippen LogP contribution in [0.3, 0.4) is 0 Å². The molecule has 0 spiro atoms. The number of alkyl halides is 4. The summed E-state index contributed by atoms with van der Waals surface area (Å²) < 4.78 is 54.4. The third-order valence-corrected chi connectivity index (χ3v) is 2.90. The number of carboxylic acid groups (broad SMARTS) is 1. The summed E-state index contributed by atoms with van der Waals surface area (Å²) in [5.74, 6) is -5.27. The van der Waals surface area contributed by atoms with Crippen molar-refractivity contribution in [2.75, 3.05) is 6.67 Å². The zero-order chi connectivity index (χ0) is 17.6. The smallest absolute Gasteiger partial charge is 0.389 e. The first-order valence-electron chi connectivity index (χ1n) is 6.96. The molecule has 0 aromatic heterocycles. The normalized spacial score (nSPS) is 15.2. The summed E-state index contributed by atoms with van der Waals surface area (Å²) >= 11 is 0. The standard InChI is InChI=1S/C14H22F4O4/c1-13(2,3)22-12(21)10(6-7-14(16,17)18)9(11(19)20)5-4-8-15/h9-10H,4-8H2,1-3H3,(H,19,20)/t9-,10-/m1/s1. The van der Waals surface area contributed by atoms with Gasteiger partial charge < -0.3 is 9.84 Å². The van der Waals surface area contributed by atoms with Crippen molar-refractivity contribution in [1.82, 2.24) is 0 Å². The molecule has 130 valence electrons. The average Bonchev–Trinajstić information content (AvgIpc) is 2.28. The second kappa shape index (κ2) is 8.33. The van der Waals surface area contributed by atoms with Crippen molar-refractivity contribution in [3.63, 3.8) is 0 Å². The van der Waals surface area contributed by atoms with Gasteiger partial charge in [0.25, 0.3) is 0 Å². The van der Waals surface area contributed by atoms with Crippen LogP contribution in [0.1, 0.15) is 46.5 Å². The van der Waals surface area contributed by atoms with E-state index in [9.17, 15) is 27.2 Å². The van der Waals surface area contributed by atoms with Crippen molar-refractivity contribution in [3.8, 4) is 0 Å². The van der Waals surface area contributed by atoms with Crippen molar-refractivity contribution in [3.05, 3.63) is 0 Å². The monoisotopic (exact) mass is 330 g/mol. The van der Waals surface area contributed by atoms with Crippen molar-refractivity contribution in [2.45, 2.75) is 58.2 Å². The van der Waals surface area contributed by atoms with Crippen LogP contribution in [0.5, 0.6) is 0 Å². The van der Waals surface area contributed by atoms with Gasteiger partial charge in [-0.15, -0.1) is 0 Å². The largest absolute Gasteiger partial charge is 0.481 e. The molecule has 22 heavy (non-hydrogen) atoms.